The number of hydrogen-bond acceptors (Lipinski definition) is 18. The lowest BCUT2D eigenvalue weighted by atomic mass is 10.3. The summed E-state index contributed by atoms with van der Waals surface area (Å²) in [4.78, 5) is 116. The maximum absolute atomic E-state index is 13.8. The first-order valence-corrected chi connectivity index (χ1v) is 26.2. The summed E-state index contributed by atoms with van der Waals surface area (Å²) >= 11 is 0. The van der Waals surface area contributed by atoms with Gasteiger partial charge in [0.05, 0.1) is 77.0 Å². The van der Waals surface area contributed by atoms with Crippen LogP contribution in [-0.2, 0) is 68.1 Å². The topological polar surface area (TPSA) is 390 Å². The number of nitrogens with two attached hydrogens (primary N) is 1. The Kier molecular flexibility index (Phi) is 23.9. The molecule has 0 unspecified atom stereocenters. The van der Waals surface area contributed by atoms with Crippen LogP contribution in [-0.4, -0.2) is 186 Å². The van der Waals surface area contributed by atoms with Crippen molar-refractivity contribution in [3.63, 3.8) is 0 Å². The maximum atomic E-state index is 13.8. The minimum Gasteiger partial charge on any atom is -0.378 e. The molecule has 6 aromatic rings. The number of rotatable bonds is 35. The molecule has 0 radical (unpaired) electrons. The van der Waals surface area contributed by atoms with Crippen LogP contribution in [0.1, 0.15) is 85.4 Å². The number of aryl methyl sites for hydroxylation is 4. The zero-order chi connectivity index (χ0) is 59.0. The highest BCUT2D eigenvalue weighted by atomic mass is 16.6. The fourth-order valence-electron chi connectivity index (χ4n) is 7.59. The lowest BCUT2D eigenvalue weighted by molar-refractivity contribution is -0.121. The van der Waals surface area contributed by atoms with Gasteiger partial charge in [0.1, 0.15) is 11.4 Å². The summed E-state index contributed by atoms with van der Waals surface area (Å²) in [5.41, 5.74) is 6.16. The highest BCUT2D eigenvalue weighted by Crippen LogP contribution is 2.21. The fraction of sp³-hybridized carbons (Fsp3) is 0.460. The molecule has 6 rings (SSSR count). The van der Waals surface area contributed by atoms with E-state index in [4.69, 9.17) is 24.7 Å². The van der Waals surface area contributed by atoms with Gasteiger partial charge in [-0.2, -0.15) is 0 Å². The summed E-state index contributed by atoms with van der Waals surface area (Å²) in [6.45, 7) is 6.17. The highest BCUT2D eigenvalue weighted by Gasteiger charge is 2.23. The average molecular weight is 1140 g/mol. The molecule has 0 fully saturated rings. The first-order valence-electron chi connectivity index (χ1n) is 26.2. The van der Waals surface area contributed by atoms with Crippen LogP contribution in [0.2, 0.25) is 0 Å². The number of ether oxygens (including phenoxy) is 4. The highest BCUT2D eigenvalue weighted by molar-refractivity contribution is 6.05. The summed E-state index contributed by atoms with van der Waals surface area (Å²) in [5.74, 6) is -3.62. The smallest absolute Gasteiger partial charge is 0.291 e. The van der Waals surface area contributed by atoms with Crippen molar-refractivity contribution in [2.45, 2.75) is 39.2 Å². The third-order valence-electron chi connectivity index (χ3n) is 11.6. The minimum absolute atomic E-state index is 0.00575. The van der Waals surface area contributed by atoms with E-state index in [9.17, 15) is 38.4 Å². The van der Waals surface area contributed by atoms with Crippen LogP contribution in [0, 0.1) is 0 Å². The van der Waals surface area contributed by atoms with Crippen LogP contribution in [0.15, 0.2) is 55.5 Å². The number of imidazole rings is 3. The van der Waals surface area contributed by atoms with Crippen LogP contribution in [0.3, 0.4) is 0 Å². The van der Waals surface area contributed by atoms with Crippen LogP contribution in [0.4, 0.5) is 23.0 Å². The van der Waals surface area contributed by atoms with Gasteiger partial charge in [0.2, 0.25) is 29.4 Å². The van der Waals surface area contributed by atoms with Gasteiger partial charge in [-0.1, -0.05) is 12.1 Å². The second-order valence-electron chi connectivity index (χ2n) is 18.1. The van der Waals surface area contributed by atoms with Crippen molar-refractivity contribution >= 4 is 70.3 Å². The number of anilines is 4. The second-order valence-corrected chi connectivity index (χ2v) is 18.1. The molecule has 0 saturated carbocycles. The van der Waals surface area contributed by atoms with E-state index in [0.29, 0.717) is 65.0 Å². The number of hydrogen-bond donors (Lipinski definition) is 9. The van der Waals surface area contributed by atoms with E-state index in [1.165, 1.54) is 59.9 Å². The molecule has 0 aliphatic carbocycles. The SMILES string of the molecule is CCCNC(=O)CCNC(=O)c1nc(NC(=O)CCNC(=O)c2cc(NC(=O)c3nc(NC(=O)CCNC(=O)c4cc(NC(=O)c5nccn5C)cn4C)cn3C)cn2-c2cn(CCOCCOCCOCCOCCN)nn2)cn1C. The van der Waals surface area contributed by atoms with Crippen molar-refractivity contribution < 1.29 is 57.3 Å². The summed E-state index contributed by atoms with van der Waals surface area (Å²) in [6.07, 6.45) is 11.1. The molecule has 0 aliphatic rings. The van der Waals surface area contributed by atoms with E-state index in [-0.39, 0.29) is 110 Å². The maximum Gasteiger partial charge on any atom is 0.291 e. The largest absolute Gasteiger partial charge is 0.378 e. The Morgan fingerprint density at radius 1 is 0.512 bits per heavy atom. The van der Waals surface area contributed by atoms with Crippen LogP contribution >= 0.6 is 0 Å². The molecule has 32 heteroatoms. The van der Waals surface area contributed by atoms with Gasteiger partial charge in [-0.3, -0.25) is 42.9 Å². The lowest BCUT2D eigenvalue weighted by Gasteiger charge is -2.08. The van der Waals surface area contributed by atoms with E-state index in [1.807, 2.05) is 6.92 Å². The number of carbonyl (C=O) groups is 8. The summed E-state index contributed by atoms with van der Waals surface area (Å²) in [6, 6.07) is 2.88. The van der Waals surface area contributed by atoms with Crippen molar-refractivity contribution in [3.8, 4) is 5.82 Å². The monoisotopic (exact) mass is 1140 g/mol. The molecule has 0 bridgehead atoms. The second kappa shape index (κ2) is 31.6. The van der Waals surface area contributed by atoms with Crippen LogP contribution < -0.4 is 48.3 Å². The van der Waals surface area contributed by atoms with Gasteiger partial charge in [0.25, 0.3) is 29.5 Å². The normalized spacial score (nSPS) is 11.0. The molecule has 0 atom stereocenters. The number of nitrogens with zero attached hydrogens (tertiary/aromatic N) is 11. The molecule has 0 aliphatic heterocycles. The first-order chi connectivity index (χ1) is 39.5. The Morgan fingerprint density at radius 2 is 1.02 bits per heavy atom. The standard InChI is InChI=1S/C50H70N20O12/c1-6-11-52-40(71)7-12-56-48(76)44-61-37(30-67(44)4)59-42(73)9-14-55-47(75)36-27-34(29-70(36)39-32-69(64-63-39)17-19-80-21-23-82-25-24-81-22-20-79-18-10-51)58-50(78)45-62-38(31-68(45)5)60-41(72)8-13-54-46(74)35-26-33(28-66(35)3)57-49(77)43-53-15-16-65(43)2/h15-16,26-32H,6-14,17-25,51H2,1-5H3,(H,52,71)(H,54,74)(H,55,75)(H,56,76)(H,57,77)(H,58,78)(H,59,73)(H,60,72). The number of aromatic nitrogens is 11. The number of nitrogens with one attached hydrogen (secondary N) is 8. The van der Waals surface area contributed by atoms with Gasteiger partial charge in [-0.15, -0.1) is 5.10 Å². The molecule has 442 valence electrons. The van der Waals surface area contributed by atoms with Crippen molar-refractivity contribution in [1.82, 2.24) is 74.0 Å². The summed E-state index contributed by atoms with van der Waals surface area (Å²) in [7, 11) is 6.43. The zero-order valence-corrected chi connectivity index (χ0v) is 46.3. The van der Waals surface area contributed by atoms with E-state index in [0.717, 1.165) is 6.42 Å². The molecule has 8 amide bonds. The predicted molar refractivity (Wildman–Crippen MR) is 294 cm³/mol. The van der Waals surface area contributed by atoms with Gasteiger partial charge < -0.3 is 85.5 Å². The molecule has 0 aromatic carbocycles. The zero-order valence-electron chi connectivity index (χ0n) is 46.3. The molecular formula is C50H70N20O12. The first kappa shape index (κ1) is 62.1. The Labute approximate surface area is 470 Å². The number of amides is 8. The molecule has 32 nitrogen and oxygen atoms in total. The number of carbonyl (C=O) groups excluding carboxylic acids is 8. The van der Waals surface area contributed by atoms with Gasteiger partial charge in [-0.25, -0.2) is 19.6 Å². The predicted octanol–water partition coefficient (Wildman–Crippen LogP) is -0.699. The Balaban J connectivity index is 1.02. The molecule has 0 spiro atoms. The Bertz CT molecular complexity index is 3130. The van der Waals surface area contributed by atoms with Gasteiger partial charge >= 0.3 is 0 Å². The molecule has 6 aromatic heterocycles. The minimum atomic E-state index is -0.704. The summed E-state index contributed by atoms with van der Waals surface area (Å²) in [5, 5.41) is 29.9. The van der Waals surface area contributed by atoms with Crippen molar-refractivity contribution in [1.29, 1.82) is 0 Å². The van der Waals surface area contributed by atoms with E-state index < -0.39 is 41.4 Å². The summed E-state index contributed by atoms with van der Waals surface area (Å²) < 4.78 is 30.7. The fourth-order valence-corrected chi connectivity index (χ4v) is 7.59. The quantitative estimate of drug-likeness (QED) is 0.0222. The average Bonchev–Trinajstić information content (AvgIpc) is 4.39. The molecule has 82 heavy (non-hydrogen) atoms. The van der Waals surface area contributed by atoms with Crippen LogP contribution in [0.5, 0.6) is 0 Å². The lowest BCUT2D eigenvalue weighted by Crippen LogP contribution is -2.32. The van der Waals surface area contributed by atoms with E-state index in [1.54, 1.807) is 51.3 Å². The molecule has 6 heterocycles. The van der Waals surface area contributed by atoms with Crippen molar-refractivity contribution in [2.75, 3.05) is 107 Å². The van der Waals surface area contributed by atoms with Crippen molar-refractivity contribution in [2.24, 2.45) is 33.9 Å². The Hall–Kier alpha value is -9.11. The Morgan fingerprint density at radius 3 is 1.60 bits per heavy atom. The molecule has 0 saturated heterocycles. The third kappa shape index (κ3) is 19.0. The molecule has 10 N–H and O–H groups in total. The van der Waals surface area contributed by atoms with Crippen molar-refractivity contribution in [3.05, 3.63) is 84.4 Å². The van der Waals surface area contributed by atoms with E-state index in [2.05, 4.69) is 67.8 Å². The van der Waals surface area contributed by atoms with Crippen LogP contribution in [0.25, 0.3) is 5.82 Å². The van der Waals surface area contributed by atoms with Gasteiger partial charge in [-0.05, 0) is 18.6 Å². The molecular weight excluding hydrogens is 1070 g/mol. The van der Waals surface area contributed by atoms with E-state index >= 15 is 0 Å². The third-order valence-corrected chi connectivity index (χ3v) is 11.6. The van der Waals surface area contributed by atoms with Gasteiger partial charge in [0.15, 0.2) is 23.3 Å². The van der Waals surface area contributed by atoms with Gasteiger partial charge in [0, 0.05) is 117 Å².